The summed E-state index contributed by atoms with van der Waals surface area (Å²) in [7, 11) is 0. The summed E-state index contributed by atoms with van der Waals surface area (Å²) >= 11 is 3.15. The number of carbonyl (C=O) groups is 1. The van der Waals surface area contributed by atoms with Gasteiger partial charge in [0.1, 0.15) is 5.56 Å². The van der Waals surface area contributed by atoms with Crippen molar-refractivity contribution >= 4 is 27.5 Å². The van der Waals surface area contributed by atoms with E-state index in [0.29, 0.717) is 4.47 Å². The summed E-state index contributed by atoms with van der Waals surface area (Å²) < 4.78 is 15.3. The highest BCUT2D eigenvalue weighted by molar-refractivity contribution is 9.10. The van der Waals surface area contributed by atoms with Crippen molar-refractivity contribution in [3.8, 4) is 0 Å². The van der Waals surface area contributed by atoms with Crippen molar-refractivity contribution < 1.29 is 14.3 Å². The zero-order valence-corrected chi connectivity index (χ0v) is 8.32. The number of aromatic carboxylic acids is 1. The van der Waals surface area contributed by atoms with E-state index < -0.39 is 11.8 Å². The molecule has 0 radical (unpaired) electrons. The minimum atomic E-state index is -1.30. The van der Waals surface area contributed by atoms with E-state index in [9.17, 15) is 9.18 Å². The van der Waals surface area contributed by atoms with Crippen LogP contribution in [0.3, 0.4) is 0 Å². The van der Waals surface area contributed by atoms with Gasteiger partial charge in [-0.3, -0.25) is 0 Å². The maximum atomic E-state index is 13.3. The molecule has 2 aromatic heterocycles. The topological polar surface area (TPSA) is 54.6 Å². The standard InChI is InChI=1S/C8H4BrFN2O2/c9-4-1-11-7-6(10)5(8(13)14)3-12(7)2-4/h1-3H,(H,13,14). The Labute approximate surface area is 86.1 Å². The molecule has 0 aliphatic carbocycles. The fourth-order valence-electron chi connectivity index (χ4n) is 1.15. The molecule has 0 unspecified atom stereocenters. The Morgan fingerprint density at radius 1 is 1.57 bits per heavy atom. The molecule has 2 heterocycles. The molecule has 4 nitrogen and oxygen atoms in total. The zero-order chi connectivity index (χ0) is 10.3. The van der Waals surface area contributed by atoms with E-state index in [1.54, 1.807) is 0 Å². The average molecular weight is 259 g/mol. The Bertz CT molecular complexity index is 523. The molecule has 0 amide bonds. The Hall–Kier alpha value is -1.43. The van der Waals surface area contributed by atoms with E-state index in [-0.39, 0.29) is 11.2 Å². The lowest BCUT2D eigenvalue weighted by Gasteiger charge is -1.92. The van der Waals surface area contributed by atoms with Crippen LogP contribution in [0.4, 0.5) is 4.39 Å². The molecule has 0 saturated carbocycles. The first kappa shape index (κ1) is 9.14. The summed E-state index contributed by atoms with van der Waals surface area (Å²) in [5.41, 5.74) is -0.374. The summed E-state index contributed by atoms with van der Waals surface area (Å²) in [5, 5.41) is 8.64. The first-order chi connectivity index (χ1) is 6.59. The van der Waals surface area contributed by atoms with Gasteiger partial charge in [0.15, 0.2) is 11.5 Å². The minimum Gasteiger partial charge on any atom is -0.478 e. The third kappa shape index (κ3) is 1.27. The van der Waals surface area contributed by atoms with Crippen molar-refractivity contribution in [3.63, 3.8) is 0 Å². The van der Waals surface area contributed by atoms with Gasteiger partial charge in [-0.25, -0.2) is 14.2 Å². The number of fused-ring (bicyclic) bond motifs is 1. The highest BCUT2D eigenvalue weighted by atomic mass is 79.9. The maximum absolute atomic E-state index is 13.3. The van der Waals surface area contributed by atoms with Crippen molar-refractivity contribution in [1.82, 2.24) is 9.38 Å². The number of halogens is 2. The summed E-state index contributed by atoms with van der Waals surface area (Å²) in [6.45, 7) is 0. The lowest BCUT2D eigenvalue weighted by atomic mass is 10.3. The lowest BCUT2D eigenvalue weighted by Crippen LogP contribution is -1.96. The van der Waals surface area contributed by atoms with Gasteiger partial charge in [0.25, 0.3) is 0 Å². The molecule has 0 fully saturated rings. The van der Waals surface area contributed by atoms with Crippen LogP contribution < -0.4 is 0 Å². The van der Waals surface area contributed by atoms with Crippen LogP contribution in [0.25, 0.3) is 5.65 Å². The largest absolute Gasteiger partial charge is 0.478 e. The molecule has 72 valence electrons. The van der Waals surface area contributed by atoms with Crippen LogP contribution in [0.2, 0.25) is 0 Å². The van der Waals surface area contributed by atoms with Crippen LogP contribution in [-0.2, 0) is 0 Å². The highest BCUT2D eigenvalue weighted by Gasteiger charge is 2.16. The number of carboxylic acids is 1. The second-order valence-corrected chi connectivity index (χ2v) is 3.58. The second-order valence-electron chi connectivity index (χ2n) is 2.66. The third-order valence-corrected chi connectivity index (χ3v) is 2.16. The molecule has 0 atom stereocenters. The normalized spacial score (nSPS) is 10.7. The quantitative estimate of drug-likeness (QED) is 0.851. The molecule has 14 heavy (non-hydrogen) atoms. The zero-order valence-electron chi connectivity index (χ0n) is 6.74. The molecule has 0 spiro atoms. The van der Waals surface area contributed by atoms with Gasteiger partial charge in [-0.15, -0.1) is 0 Å². The number of nitrogens with zero attached hydrogens (tertiary/aromatic N) is 2. The number of aromatic nitrogens is 2. The van der Waals surface area contributed by atoms with Crippen LogP contribution >= 0.6 is 15.9 Å². The molecule has 6 heteroatoms. The van der Waals surface area contributed by atoms with Gasteiger partial charge in [0.2, 0.25) is 0 Å². The van der Waals surface area contributed by atoms with Crippen molar-refractivity contribution in [3.05, 3.63) is 34.4 Å². The molecular weight excluding hydrogens is 255 g/mol. The van der Waals surface area contributed by atoms with Gasteiger partial charge in [-0.05, 0) is 15.9 Å². The van der Waals surface area contributed by atoms with Gasteiger partial charge >= 0.3 is 5.97 Å². The highest BCUT2D eigenvalue weighted by Crippen LogP contribution is 2.17. The first-order valence-corrected chi connectivity index (χ1v) is 4.44. The first-order valence-electron chi connectivity index (χ1n) is 3.64. The fourth-order valence-corrected chi connectivity index (χ4v) is 1.47. The monoisotopic (exact) mass is 258 g/mol. The smallest absolute Gasteiger partial charge is 0.340 e. The summed E-state index contributed by atoms with van der Waals surface area (Å²) in [6, 6.07) is 0. The predicted octanol–water partition coefficient (Wildman–Crippen LogP) is 1.93. The van der Waals surface area contributed by atoms with Crippen LogP contribution in [0.5, 0.6) is 0 Å². The number of rotatable bonds is 1. The molecular formula is C8H4BrFN2O2. The second kappa shape index (κ2) is 3.06. The van der Waals surface area contributed by atoms with Gasteiger partial charge in [-0.1, -0.05) is 0 Å². The number of hydrogen-bond acceptors (Lipinski definition) is 2. The van der Waals surface area contributed by atoms with Crippen molar-refractivity contribution in [2.45, 2.75) is 0 Å². The Morgan fingerprint density at radius 2 is 2.29 bits per heavy atom. The molecule has 0 saturated heterocycles. The fraction of sp³-hybridized carbons (Fsp3) is 0. The average Bonchev–Trinajstić information content (AvgIpc) is 2.43. The third-order valence-electron chi connectivity index (χ3n) is 1.75. The van der Waals surface area contributed by atoms with Gasteiger partial charge in [0.05, 0.1) is 4.47 Å². The van der Waals surface area contributed by atoms with E-state index in [2.05, 4.69) is 20.9 Å². The minimum absolute atomic E-state index is 0.00519. The number of carboxylic acid groups (broad SMARTS) is 1. The Kier molecular flexibility index (Phi) is 1.99. The van der Waals surface area contributed by atoms with E-state index in [4.69, 9.17) is 5.11 Å². The van der Waals surface area contributed by atoms with Gasteiger partial charge in [0, 0.05) is 18.6 Å². The summed E-state index contributed by atoms with van der Waals surface area (Å²) in [4.78, 5) is 14.3. The molecule has 2 rings (SSSR count). The maximum Gasteiger partial charge on any atom is 0.340 e. The van der Waals surface area contributed by atoms with Gasteiger partial charge in [-0.2, -0.15) is 0 Å². The molecule has 0 aliphatic rings. The number of hydrogen-bond donors (Lipinski definition) is 1. The van der Waals surface area contributed by atoms with Crippen molar-refractivity contribution in [2.75, 3.05) is 0 Å². The van der Waals surface area contributed by atoms with Gasteiger partial charge < -0.3 is 9.51 Å². The van der Waals surface area contributed by atoms with E-state index in [0.717, 1.165) is 0 Å². The summed E-state index contributed by atoms with van der Waals surface area (Å²) in [5.74, 6) is -2.12. The molecule has 1 N–H and O–H groups in total. The summed E-state index contributed by atoms with van der Waals surface area (Å²) in [6.07, 6.45) is 4.13. The van der Waals surface area contributed by atoms with Crippen LogP contribution in [0.1, 0.15) is 10.4 Å². The SMILES string of the molecule is O=C(O)c1cn2cc(Br)cnc2c1F. The van der Waals surface area contributed by atoms with E-state index in [1.165, 1.54) is 23.0 Å². The Morgan fingerprint density at radius 3 is 2.93 bits per heavy atom. The predicted molar refractivity (Wildman–Crippen MR) is 49.8 cm³/mol. The van der Waals surface area contributed by atoms with Crippen LogP contribution in [0.15, 0.2) is 23.1 Å². The van der Waals surface area contributed by atoms with Crippen LogP contribution in [0, 0.1) is 5.82 Å². The van der Waals surface area contributed by atoms with E-state index in [1.807, 2.05) is 0 Å². The van der Waals surface area contributed by atoms with Crippen LogP contribution in [-0.4, -0.2) is 20.5 Å². The molecule has 2 aromatic rings. The van der Waals surface area contributed by atoms with E-state index >= 15 is 0 Å². The Balaban J connectivity index is 2.79. The molecule has 0 bridgehead atoms. The molecule has 0 aromatic carbocycles. The lowest BCUT2D eigenvalue weighted by molar-refractivity contribution is 0.0692. The molecule has 0 aliphatic heterocycles. The van der Waals surface area contributed by atoms with Crippen molar-refractivity contribution in [1.29, 1.82) is 0 Å². The van der Waals surface area contributed by atoms with Crippen molar-refractivity contribution in [2.24, 2.45) is 0 Å².